The van der Waals surface area contributed by atoms with Crippen LogP contribution < -0.4 is 9.46 Å². The Bertz CT molecular complexity index is 909. The number of benzene rings is 2. The van der Waals surface area contributed by atoms with Gasteiger partial charge in [0.25, 0.3) is 10.0 Å². The first-order chi connectivity index (χ1) is 11.4. The molecular formula is C16H16N2O5S. The first kappa shape index (κ1) is 16.3. The summed E-state index contributed by atoms with van der Waals surface area (Å²) in [7, 11) is -2.63. The van der Waals surface area contributed by atoms with Gasteiger partial charge >= 0.3 is 5.69 Å². The number of nitrogens with one attached hydrogen (secondary N) is 1. The number of nitro benzene ring substituents is 1. The number of anilines is 1. The molecule has 0 fully saturated rings. The van der Waals surface area contributed by atoms with Crippen molar-refractivity contribution in [3.8, 4) is 5.75 Å². The Morgan fingerprint density at radius 1 is 1.12 bits per heavy atom. The van der Waals surface area contributed by atoms with E-state index in [4.69, 9.17) is 4.74 Å². The van der Waals surface area contributed by atoms with Crippen molar-refractivity contribution in [1.29, 1.82) is 0 Å². The molecule has 0 aliphatic heterocycles. The Balaban J connectivity index is 1.93. The molecule has 0 spiro atoms. The van der Waals surface area contributed by atoms with Gasteiger partial charge in [0.1, 0.15) is 0 Å². The van der Waals surface area contributed by atoms with Gasteiger partial charge in [0.2, 0.25) is 0 Å². The predicted molar refractivity (Wildman–Crippen MR) is 88.9 cm³/mol. The fourth-order valence-electron chi connectivity index (χ4n) is 2.83. The van der Waals surface area contributed by atoms with Crippen LogP contribution in [0.15, 0.2) is 41.3 Å². The molecule has 0 atom stereocenters. The van der Waals surface area contributed by atoms with E-state index in [0.29, 0.717) is 5.69 Å². The molecule has 1 N–H and O–H groups in total. The summed E-state index contributed by atoms with van der Waals surface area (Å²) in [4.78, 5) is 10.2. The van der Waals surface area contributed by atoms with E-state index >= 15 is 0 Å². The molecule has 0 aromatic heterocycles. The van der Waals surface area contributed by atoms with Crippen molar-refractivity contribution in [3.05, 3.63) is 57.6 Å². The molecule has 24 heavy (non-hydrogen) atoms. The normalized spacial score (nSPS) is 13.4. The first-order valence-electron chi connectivity index (χ1n) is 7.38. The van der Waals surface area contributed by atoms with E-state index in [9.17, 15) is 18.5 Å². The van der Waals surface area contributed by atoms with Crippen LogP contribution >= 0.6 is 0 Å². The lowest BCUT2D eigenvalue weighted by Crippen LogP contribution is -2.13. The fourth-order valence-corrected chi connectivity index (χ4v) is 3.90. The lowest BCUT2D eigenvalue weighted by atomic mass is 10.1. The Kier molecular flexibility index (Phi) is 4.15. The third kappa shape index (κ3) is 3.05. The maximum absolute atomic E-state index is 12.5. The average Bonchev–Trinajstić information content (AvgIpc) is 3.01. The zero-order valence-electron chi connectivity index (χ0n) is 13.0. The summed E-state index contributed by atoms with van der Waals surface area (Å²) in [5.74, 6) is 0.0106. The lowest BCUT2D eigenvalue weighted by Gasteiger charge is -2.10. The van der Waals surface area contributed by atoms with Gasteiger partial charge in [-0.05, 0) is 54.7 Å². The molecule has 8 heteroatoms. The summed E-state index contributed by atoms with van der Waals surface area (Å²) in [6.45, 7) is 0. The van der Waals surface area contributed by atoms with Crippen LogP contribution in [-0.4, -0.2) is 20.5 Å². The van der Waals surface area contributed by atoms with Crippen LogP contribution in [0.2, 0.25) is 0 Å². The molecule has 0 saturated heterocycles. The van der Waals surface area contributed by atoms with Crippen LogP contribution in [0.5, 0.6) is 5.75 Å². The molecule has 0 unspecified atom stereocenters. The van der Waals surface area contributed by atoms with E-state index in [-0.39, 0.29) is 10.6 Å². The number of nitrogens with zero attached hydrogens (tertiary/aromatic N) is 1. The van der Waals surface area contributed by atoms with Crippen molar-refractivity contribution in [2.24, 2.45) is 0 Å². The summed E-state index contributed by atoms with van der Waals surface area (Å²) in [5.41, 5.74) is 2.43. The first-order valence-corrected chi connectivity index (χ1v) is 8.86. The number of fused-ring (bicyclic) bond motifs is 1. The highest BCUT2D eigenvalue weighted by atomic mass is 32.2. The Morgan fingerprint density at radius 2 is 1.88 bits per heavy atom. The largest absolute Gasteiger partial charge is 0.490 e. The van der Waals surface area contributed by atoms with Crippen molar-refractivity contribution in [3.63, 3.8) is 0 Å². The van der Waals surface area contributed by atoms with Gasteiger partial charge in [0, 0.05) is 11.8 Å². The number of nitro groups is 1. The van der Waals surface area contributed by atoms with Crippen LogP contribution in [0.25, 0.3) is 0 Å². The maximum atomic E-state index is 12.5. The second-order valence-corrected chi connectivity index (χ2v) is 7.22. The molecular weight excluding hydrogens is 332 g/mol. The SMILES string of the molecule is COc1ccc(S(=O)(=O)Nc2ccc3c(c2)CCC3)cc1[N+](=O)[O-]. The third-order valence-corrected chi connectivity index (χ3v) is 5.39. The highest BCUT2D eigenvalue weighted by Gasteiger charge is 2.22. The summed E-state index contributed by atoms with van der Waals surface area (Å²) < 4.78 is 32.4. The number of hydrogen-bond acceptors (Lipinski definition) is 5. The van der Waals surface area contributed by atoms with Gasteiger partial charge in [0.05, 0.1) is 16.9 Å². The predicted octanol–water partition coefficient (Wildman–Crippen LogP) is 2.89. The molecule has 0 bridgehead atoms. The van der Waals surface area contributed by atoms with Crippen LogP contribution in [0, 0.1) is 10.1 Å². The monoisotopic (exact) mass is 348 g/mol. The van der Waals surface area contributed by atoms with E-state index < -0.39 is 20.6 Å². The Labute approximate surface area is 139 Å². The summed E-state index contributed by atoms with van der Waals surface area (Å²) in [5, 5.41) is 11.1. The lowest BCUT2D eigenvalue weighted by molar-refractivity contribution is -0.386. The number of ether oxygens (including phenoxy) is 1. The van der Waals surface area contributed by atoms with Crippen molar-refractivity contribution >= 4 is 21.4 Å². The minimum Gasteiger partial charge on any atom is -0.490 e. The molecule has 2 aromatic rings. The highest BCUT2D eigenvalue weighted by Crippen LogP contribution is 2.31. The minimum absolute atomic E-state index is 0.0106. The molecule has 0 heterocycles. The molecule has 7 nitrogen and oxygen atoms in total. The van der Waals surface area contributed by atoms with E-state index in [0.717, 1.165) is 30.9 Å². The standard InChI is InChI=1S/C16H16N2O5S/c1-23-16-8-7-14(10-15(16)18(19)20)24(21,22)17-13-6-5-11-3-2-4-12(11)9-13/h5-10,17H,2-4H2,1H3. The van der Waals surface area contributed by atoms with E-state index in [1.54, 1.807) is 6.07 Å². The van der Waals surface area contributed by atoms with Gasteiger partial charge in [-0.25, -0.2) is 8.42 Å². The number of aryl methyl sites for hydroxylation is 2. The third-order valence-electron chi connectivity index (χ3n) is 4.01. The zero-order chi connectivity index (χ0) is 17.3. The smallest absolute Gasteiger partial charge is 0.312 e. The average molecular weight is 348 g/mol. The van der Waals surface area contributed by atoms with Gasteiger partial charge in [-0.1, -0.05) is 6.07 Å². The van der Waals surface area contributed by atoms with E-state index in [1.807, 2.05) is 12.1 Å². The molecule has 1 aliphatic rings. The van der Waals surface area contributed by atoms with Crippen LogP contribution in [0.3, 0.4) is 0 Å². The summed E-state index contributed by atoms with van der Waals surface area (Å²) in [6.07, 6.45) is 3.00. The maximum Gasteiger partial charge on any atom is 0.312 e. The zero-order valence-corrected chi connectivity index (χ0v) is 13.8. The molecule has 1 aliphatic carbocycles. The van der Waals surface area contributed by atoms with Crippen LogP contribution in [0.1, 0.15) is 17.5 Å². The number of hydrogen-bond donors (Lipinski definition) is 1. The second kappa shape index (κ2) is 6.12. The van der Waals surface area contributed by atoms with Crippen molar-refractivity contribution < 1.29 is 18.1 Å². The number of methoxy groups -OCH3 is 1. The molecule has 0 radical (unpaired) electrons. The summed E-state index contributed by atoms with van der Waals surface area (Å²) >= 11 is 0. The van der Waals surface area contributed by atoms with Gasteiger partial charge in [-0.2, -0.15) is 0 Å². The fraction of sp³-hybridized carbons (Fsp3) is 0.250. The quantitative estimate of drug-likeness (QED) is 0.662. The van der Waals surface area contributed by atoms with E-state index in [2.05, 4.69) is 4.72 Å². The molecule has 126 valence electrons. The molecule has 0 saturated carbocycles. The Hall–Kier alpha value is -2.61. The van der Waals surface area contributed by atoms with Crippen molar-refractivity contribution in [2.45, 2.75) is 24.2 Å². The minimum atomic E-state index is -3.92. The molecule has 3 rings (SSSR count). The van der Waals surface area contributed by atoms with Crippen LogP contribution in [0.4, 0.5) is 11.4 Å². The Morgan fingerprint density at radius 3 is 2.58 bits per heavy atom. The molecule has 2 aromatic carbocycles. The van der Waals surface area contributed by atoms with Crippen molar-refractivity contribution in [1.82, 2.24) is 0 Å². The van der Waals surface area contributed by atoms with Crippen LogP contribution in [-0.2, 0) is 22.9 Å². The van der Waals surface area contributed by atoms with Gasteiger partial charge in [0.15, 0.2) is 5.75 Å². The summed E-state index contributed by atoms with van der Waals surface area (Å²) in [6, 6.07) is 8.99. The topological polar surface area (TPSA) is 98.5 Å². The number of sulfonamides is 1. The van der Waals surface area contributed by atoms with Gasteiger partial charge in [-0.3, -0.25) is 14.8 Å². The highest BCUT2D eigenvalue weighted by molar-refractivity contribution is 7.92. The molecule has 0 amide bonds. The van der Waals surface area contributed by atoms with Gasteiger partial charge < -0.3 is 4.74 Å². The second-order valence-electron chi connectivity index (χ2n) is 5.53. The van der Waals surface area contributed by atoms with Gasteiger partial charge in [-0.15, -0.1) is 0 Å². The van der Waals surface area contributed by atoms with Crippen molar-refractivity contribution in [2.75, 3.05) is 11.8 Å². The number of rotatable bonds is 5. The van der Waals surface area contributed by atoms with E-state index in [1.165, 1.54) is 24.8 Å².